The molecule has 2 N–H and O–H groups in total. The van der Waals surface area contributed by atoms with Gasteiger partial charge in [-0.2, -0.15) is 0 Å². The van der Waals surface area contributed by atoms with Gasteiger partial charge in [0.2, 0.25) is 0 Å². The first kappa shape index (κ1) is 11.7. The van der Waals surface area contributed by atoms with Crippen LogP contribution in [-0.4, -0.2) is 0 Å². The minimum atomic E-state index is 0.657. The third-order valence-corrected chi connectivity index (χ3v) is 3.74. The van der Waals surface area contributed by atoms with Gasteiger partial charge in [0.15, 0.2) is 0 Å². The summed E-state index contributed by atoms with van der Waals surface area (Å²) >= 11 is 12.1. The van der Waals surface area contributed by atoms with E-state index in [9.17, 15) is 0 Å². The normalized spacial score (nSPS) is 13.8. The molecule has 0 atom stereocenters. The standard InChI is InChI=1S/C14H12Cl2N2/c15-11-2-4-14(13(16)6-11)18-7-9-1-3-12(17)5-10(9)8-18/h1-6H,7-8,17H2. The molecule has 0 spiro atoms. The number of rotatable bonds is 1. The van der Waals surface area contributed by atoms with Gasteiger partial charge in [-0.05, 0) is 41.5 Å². The Labute approximate surface area is 116 Å². The zero-order chi connectivity index (χ0) is 12.7. The van der Waals surface area contributed by atoms with Crippen LogP contribution in [0.2, 0.25) is 10.0 Å². The van der Waals surface area contributed by atoms with Crippen molar-refractivity contribution in [3.05, 3.63) is 57.6 Å². The molecule has 2 aromatic rings. The number of nitrogens with zero attached hydrogens (tertiary/aromatic N) is 1. The van der Waals surface area contributed by atoms with Gasteiger partial charge in [0.05, 0.1) is 10.7 Å². The number of nitrogens with two attached hydrogens (primary N) is 1. The molecule has 2 nitrogen and oxygen atoms in total. The van der Waals surface area contributed by atoms with Gasteiger partial charge in [-0.1, -0.05) is 29.3 Å². The maximum absolute atomic E-state index is 6.23. The molecule has 92 valence electrons. The Morgan fingerprint density at radius 1 is 0.944 bits per heavy atom. The molecule has 18 heavy (non-hydrogen) atoms. The lowest BCUT2D eigenvalue weighted by atomic mass is 10.1. The molecule has 0 saturated heterocycles. The molecule has 0 aromatic heterocycles. The van der Waals surface area contributed by atoms with Crippen molar-refractivity contribution in [2.45, 2.75) is 13.1 Å². The average molecular weight is 279 g/mol. The molecule has 0 aliphatic carbocycles. The fourth-order valence-corrected chi connectivity index (χ4v) is 2.85. The van der Waals surface area contributed by atoms with Gasteiger partial charge in [0.1, 0.15) is 0 Å². The van der Waals surface area contributed by atoms with Crippen LogP contribution >= 0.6 is 23.2 Å². The smallest absolute Gasteiger partial charge is 0.0654 e. The highest BCUT2D eigenvalue weighted by atomic mass is 35.5. The third-order valence-electron chi connectivity index (χ3n) is 3.20. The largest absolute Gasteiger partial charge is 0.399 e. The van der Waals surface area contributed by atoms with Crippen LogP contribution in [-0.2, 0) is 13.1 Å². The molecule has 0 saturated carbocycles. The Morgan fingerprint density at radius 2 is 1.72 bits per heavy atom. The molecule has 0 unspecified atom stereocenters. The predicted molar refractivity (Wildman–Crippen MR) is 77.2 cm³/mol. The first-order valence-corrected chi connectivity index (χ1v) is 6.46. The van der Waals surface area contributed by atoms with Crippen LogP contribution in [0.4, 0.5) is 11.4 Å². The number of hydrogen-bond donors (Lipinski definition) is 1. The highest BCUT2D eigenvalue weighted by Crippen LogP contribution is 2.35. The summed E-state index contributed by atoms with van der Waals surface area (Å²) in [6, 6.07) is 11.6. The third kappa shape index (κ3) is 2.02. The number of halogens is 2. The highest BCUT2D eigenvalue weighted by molar-refractivity contribution is 6.36. The van der Waals surface area contributed by atoms with Gasteiger partial charge >= 0.3 is 0 Å². The fourth-order valence-electron chi connectivity index (χ4n) is 2.32. The van der Waals surface area contributed by atoms with Crippen molar-refractivity contribution in [1.29, 1.82) is 0 Å². The molecule has 3 rings (SSSR count). The second kappa shape index (κ2) is 4.38. The maximum atomic E-state index is 6.23. The quantitative estimate of drug-likeness (QED) is 0.796. The summed E-state index contributed by atoms with van der Waals surface area (Å²) in [5.41, 5.74) is 10.2. The van der Waals surface area contributed by atoms with Crippen LogP contribution in [0, 0.1) is 0 Å². The maximum Gasteiger partial charge on any atom is 0.0654 e. The molecule has 0 bridgehead atoms. The molecule has 0 radical (unpaired) electrons. The van der Waals surface area contributed by atoms with Crippen LogP contribution in [0.15, 0.2) is 36.4 Å². The summed E-state index contributed by atoms with van der Waals surface area (Å²) in [6.07, 6.45) is 0. The Hall–Kier alpha value is -1.38. The summed E-state index contributed by atoms with van der Waals surface area (Å²) in [5.74, 6) is 0. The summed E-state index contributed by atoms with van der Waals surface area (Å²) in [6.45, 7) is 1.69. The number of fused-ring (bicyclic) bond motifs is 1. The van der Waals surface area contributed by atoms with Gasteiger partial charge in [-0.25, -0.2) is 0 Å². The zero-order valence-electron chi connectivity index (χ0n) is 9.66. The lowest BCUT2D eigenvalue weighted by Crippen LogP contribution is -2.14. The Morgan fingerprint density at radius 3 is 2.50 bits per heavy atom. The van der Waals surface area contributed by atoms with Gasteiger partial charge in [-0.3, -0.25) is 0 Å². The lowest BCUT2D eigenvalue weighted by Gasteiger charge is -2.19. The summed E-state index contributed by atoms with van der Waals surface area (Å²) in [4.78, 5) is 2.22. The van der Waals surface area contributed by atoms with Crippen molar-refractivity contribution in [3.63, 3.8) is 0 Å². The van der Waals surface area contributed by atoms with Crippen LogP contribution in [0.5, 0.6) is 0 Å². The van der Waals surface area contributed by atoms with E-state index in [1.807, 2.05) is 24.3 Å². The van der Waals surface area contributed by atoms with Crippen LogP contribution in [0.25, 0.3) is 0 Å². The van der Waals surface area contributed by atoms with Crippen LogP contribution < -0.4 is 10.6 Å². The second-order valence-electron chi connectivity index (χ2n) is 4.48. The molecule has 4 heteroatoms. The number of anilines is 2. The van der Waals surface area contributed by atoms with Crippen LogP contribution in [0.3, 0.4) is 0 Å². The summed E-state index contributed by atoms with van der Waals surface area (Å²) < 4.78 is 0. The number of nitrogen functional groups attached to an aromatic ring is 1. The molecular weight excluding hydrogens is 267 g/mol. The van der Waals surface area contributed by atoms with E-state index in [0.29, 0.717) is 10.0 Å². The van der Waals surface area contributed by atoms with Crippen molar-refractivity contribution in [2.24, 2.45) is 0 Å². The second-order valence-corrected chi connectivity index (χ2v) is 5.32. The number of hydrogen-bond acceptors (Lipinski definition) is 2. The first-order chi connectivity index (χ1) is 8.63. The fraction of sp³-hybridized carbons (Fsp3) is 0.143. The lowest BCUT2D eigenvalue weighted by molar-refractivity contribution is 0.881. The predicted octanol–water partition coefficient (Wildman–Crippen LogP) is 4.10. The number of benzene rings is 2. The van der Waals surface area contributed by atoms with Crippen molar-refractivity contribution < 1.29 is 0 Å². The average Bonchev–Trinajstić information content (AvgIpc) is 2.71. The summed E-state index contributed by atoms with van der Waals surface area (Å²) in [7, 11) is 0. The van der Waals surface area contributed by atoms with E-state index in [0.717, 1.165) is 24.5 Å². The van der Waals surface area contributed by atoms with Gasteiger partial charge in [0.25, 0.3) is 0 Å². The Kier molecular flexibility index (Phi) is 2.84. The van der Waals surface area contributed by atoms with E-state index in [2.05, 4.69) is 11.0 Å². The monoisotopic (exact) mass is 278 g/mol. The van der Waals surface area contributed by atoms with Crippen molar-refractivity contribution in [3.8, 4) is 0 Å². The first-order valence-electron chi connectivity index (χ1n) is 5.71. The molecule has 1 aliphatic rings. The molecule has 1 aliphatic heterocycles. The Balaban J connectivity index is 1.93. The van der Waals surface area contributed by atoms with E-state index in [1.165, 1.54) is 11.1 Å². The molecule has 0 fully saturated rings. The van der Waals surface area contributed by atoms with E-state index in [4.69, 9.17) is 28.9 Å². The van der Waals surface area contributed by atoms with E-state index in [-0.39, 0.29) is 0 Å². The van der Waals surface area contributed by atoms with Gasteiger partial charge < -0.3 is 10.6 Å². The van der Waals surface area contributed by atoms with E-state index < -0.39 is 0 Å². The molecule has 0 amide bonds. The van der Waals surface area contributed by atoms with Crippen molar-refractivity contribution in [1.82, 2.24) is 0 Å². The van der Waals surface area contributed by atoms with E-state index >= 15 is 0 Å². The highest BCUT2D eigenvalue weighted by Gasteiger charge is 2.20. The van der Waals surface area contributed by atoms with Gasteiger partial charge in [-0.15, -0.1) is 0 Å². The van der Waals surface area contributed by atoms with Gasteiger partial charge in [0, 0.05) is 23.8 Å². The van der Waals surface area contributed by atoms with Crippen molar-refractivity contribution in [2.75, 3.05) is 10.6 Å². The molecular formula is C14H12Cl2N2. The molecule has 2 aromatic carbocycles. The van der Waals surface area contributed by atoms with Crippen LogP contribution in [0.1, 0.15) is 11.1 Å². The van der Waals surface area contributed by atoms with Crippen molar-refractivity contribution >= 4 is 34.6 Å². The minimum Gasteiger partial charge on any atom is -0.399 e. The zero-order valence-corrected chi connectivity index (χ0v) is 11.2. The minimum absolute atomic E-state index is 0.657. The Bertz CT molecular complexity index is 611. The van der Waals surface area contributed by atoms with E-state index in [1.54, 1.807) is 6.07 Å². The topological polar surface area (TPSA) is 29.3 Å². The SMILES string of the molecule is Nc1ccc2c(c1)CN(c1ccc(Cl)cc1Cl)C2. The summed E-state index contributed by atoms with van der Waals surface area (Å²) in [5, 5.41) is 1.34. The molecule has 1 heterocycles.